The second kappa shape index (κ2) is 2.82. The van der Waals surface area contributed by atoms with Crippen LogP contribution in [0.25, 0.3) is 0 Å². The van der Waals surface area contributed by atoms with E-state index in [0.717, 1.165) is 12.8 Å². The Bertz CT molecular complexity index is 247. The van der Waals surface area contributed by atoms with Crippen molar-refractivity contribution in [1.82, 2.24) is 0 Å². The minimum absolute atomic E-state index is 0.124. The number of aliphatic carboxylic acids is 1. The predicted molar refractivity (Wildman–Crippen MR) is 46.1 cm³/mol. The topological polar surface area (TPSA) is 54.4 Å². The minimum Gasteiger partial charge on any atom is -0.481 e. The smallest absolute Gasteiger partial charge is 0.307 e. The molecule has 2 unspecified atom stereocenters. The predicted octanol–water partition coefficient (Wildman–Crippen LogP) is 1.32. The van der Waals surface area contributed by atoms with E-state index in [9.17, 15) is 9.59 Å². The monoisotopic (exact) mass is 182 g/mol. The van der Waals surface area contributed by atoms with Gasteiger partial charge in [0.15, 0.2) is 0 Å². The van der Waals surface area contributed by atoms with Crippen molar-refractivity contribution in [2.75, 3.05) is 0 Å². The van der Waals surface area contributed by atoms with Crippen molar-refractivity contribution in [3.8, 4) is 0 Å². The molecule has 0 aliphatic heterocycles. The van der Waals surface area contributed by atoms with Crippen LogP contribution in [-0.2, 0) is 9.59 Å². The molecule has 0 spiro atoms. The van der Waals surface area contributed by atoms with E-state index in [2.05, 4.69) is 0 Å². The number of hydrogen-bond acceptors (Lipinski definition) is 2. The summed E-state index contributed by atoms with van der Waals surface area (Å²) in [4.78, 5) is 21.9. The highest BCUT2D eigenvalue weighted by molar-refractivity contribution is 5.82. The van der Waals surface area contributed by atoms with E-state index < -0.39 is 5.97 Å². The highest BCUT2D eigenvalue weighted by Crippen LogP contribution is 2.59. The number of ketones is 1. The van der Waals surface area contributed by atoms with Gasteiger partial charge in [-0.3, -0.25) is 9.59 Å². The fourth-order valence-electron chi connectivity index (χ4n) is 2.76. The van der Waals surface area contributed by atoms with Gasteiger partial charge >= 0.3 is 5.97 Å². The average molecular weight is 182 g/mol. The molecule has 4 atom stereocenters. The summed E-state index contributed by atoms with van der Waals surface area (Å²) in [6.45, 7) is 1.88. The van der Waals surface area contributed by atoms with Gasteiger partial charge in [-0.1, -0.05) is 6.92 Å². The van der Waals surface area contributed by atoms with Gasteiger partial charge in [0.05, 0.1) is 5.92 Å². The molecule has 13 heavy (non-hydrogen) atoms. The molecule has 0 bridgehead atoms. The van der Waals surface area contributed by atoms with Gasteiger partial charge in [0.1, 0.15) is 5.78 Å². The zero-order valence-electron chi connectivity index (χ0n) is 7.69. The highest BCUT2D eigenvalue weighted by Gasteiger charge is 2.60. The lowest BCUT2D eigenvalue weighted by molar-refractivity contribution is -0.140. The van der Waals surface area contributed by atoms with E-state index in [1.807, 2.05) is 6.92 Å². The third-order valence-corrected chi connectivity index (χ3v) is 3.53. The highest BCUT2D eigenvalue weighted by atomic mass is 16.4. The van der Waals surface area contributed by atoms with Gasteiger partial charge in [0, 0.05) is 12.3 Å². The van der Waals surface area contributed by atoms with Crippen molar-refractivity contribution in [2.24, 2.45) is 23.7 Å². The summed E-state index contributed by atoms with van der Waals surface area (Å²) in [7, 11) is 0. The van der Waals surface area contributed by atoms with Crippen molar-refractivity contribution in [2.45, 2.75) is 26.2 Å². The number of carbonyl (C=O) groups excluding carboxylic acids is 1. The number of fused-ring (bicyclic) bond motifs is 1. The van der Waals surface area contributed by atoms with Gasteiger partial charge in [-0.2, -0.15) is 0 Å². The molecule has 0 saturated heterocycles. The molecule has 2 rings (SSSR count). The lowest BCUT2D eigenvalue weighted by atomic mass is 9.94. The molecule has 0 aromatic heterocycles. The van der Waals surface area contributed by atoms with Crippen LogP contribution >= 0.6 is 0 Å². The van der Waals surface area contributed by atoms with Gasteiger partial charge in [0.25, 0.3) is 0 Å². The third-order valence-electron chi connectivity index (χ3n) is 3.53. The number of carboxylic acid groups (broad SMARTS) is 1. The molecule has 72 valence electrons. The zero-order chi connectivity index (χ0) is 9.59. The molecule has 1 N–H and O–H groups in total. The van der Waals surface area contributed by atoms with E-state index >= 15 is 0 Å². The maximum atomic E-state index is 11.3. The van der Waals surface area contributed by atoms with Crippen LogP contribution in [0, 0.1) is 23.7 Å². The Morgan fingerprint density at radius 2 is 1.85 bits per heavy atom. The van der Waals surface area contributed by atoms with E-state index in [1.165, 1.54) is 0 Å². The minimum atomic E-state index is -0.669. The maximum Gasteiger partial charge on any atom is 0.307 e. The SMILES string of the molecule is CCC(=O)C1C[C@@H]2C(C(=O)O)[C@@H]2C1. The molecule has 2 saturated carbocycles. The van der Waals surface area contributed by atoms with Crippen LogP contribution in [0.15, 0.2) is 0 Å². The van der Waals surface area contributed by atoms with Crippen LogP contribution in [-0.4, -0.2) is 16.9 Å². The van der Waals surface area contributed by atoms with Crippen molar-refractivity contribution >= 4 is 11.8 Å². The largest absolute Gasteiger partial charge is 0.481 e. The second-order valence-corrected chi connectivity index (χ2v) is 4.18. The number of Topliss-reactive ketones (excluding diaryl/α,β-unsaturated/α-hetero) is 1. The fraction of sp³-hybridized carbons (Fsp3) is 0.800. The number of carbonyl (C=O) groups is 2. The zero-order valence-corrected chi connectivity index (χ0v) is 7.69. The Labute approximate surface area is 77.1 Å². The Balaban J connectivity index is 1.90. The van der Waals surface area contributed by atoms with E-state index in [-0.39, 0.29) is 11.8 Å². The first kappa shape index (κ1) is 8.73. The molecule has 2 aliphatic carbocycles. The van der Waals surface area contributed by atoms with Crippen molar-refractivity contribution in [1.29, 1.82) is 0 Å². The molecule has 0 aromatic carbocycles. The van der Waals surface area contributed by atoms with E-state index in [0.29, 0.717) is 24.0 Å². The second-order valence-electron chi connectivity index (χ2n) is 4.18. The van der Waals surface area contributed by atoms with Crippen molar-refractivity contribution in [3.05, 3.63) is 0 Å². The molecule has 0 amide bonds. The Hall–Kier alpha value is -0.860. The maximum absolute atomic E-state index is 11.3. The summed E-state index contributed by atoms with van der Waals surface area (Å²) in [6.07, 6.45) is 2.25. The number of carboxylic acids is 1. The van der Waals surface area contributed by atoms with E-state index in [1.54, 1.807) is 0 Å². The molecule has 3 heteroatoms. The average Bonchev–Trinajstić information content (AvgIpc) is 2.62. The summed E-state index contributed by atoms with van der Waals surface area (Å²) in [5.74, 6) is 0.334. The first-order valence-electron chi connectivity index (χ1n) is 4.90. The summed E-state index contributed by atoms with van der Waals surface area (Å²) < 4.78 is 0. The lowest BCUT2D eigenvalue weighted by Crippen LogP contribution is -2.15. The van der Waals surface area contributed by atoms with Crippen LogP contribution in [0.4, 0.5) is 0 Å². The summed E-state index contributed by atoms with van der Waals surface area (Å²) in [5, 5.41) is 8.76. The standard InChI is InChI=1S/C10H14O3/c1-2-8(11)5-3-6-7(4-5)9(6)10(12)13/h5-7,9H,2-4H2,1H3,(H,12,13)/t5?,6-,7+,9?. The molecule has 0 heterocycles. The van der Waals surface area contributed by atoms with Crippen LogP contribution in [0.5, 0.6) is 0 Å². The molecule has 2 aliphatic rings. The van der Waals surface area contributed by atoms with Crippen molar-refractivity contribution < 1.29 is 14.7 Å². The van der Waals surface area contributed by atoms with E-state index in [4.69, 9.17) is 5.11 Å². The van der Waals surface area contributed by atoms with Gasteiger partial charge in [0.2, 0.25) is 0 Å². The van der Waals surface area contributed by atoms with Gasteiger partial charge in [-0.15, -0.1) is 0 Å². The summed E-state index contributed by atoms with van der Waals surface area (Å²) in [5.41, 5.74) is 0. The number of hydrogen-bond donors (Lipinski definition) is 1. The van der Waals surface area contributed by atoms with Gasteiger partial charge in [-0.25, -0.2) is 0 Å². The molecular weight excluding hydrogens is 168 g/mol. The Morgan fingerprint density at radius 3 is 2.23 bits per heavy atom. The van der Waals surface area contributed by atoms with Crippen LogP contribution in [0.1, 0.15) is 26.2 Å². The fourth-order valence-corrected chi connectivity index (χ4v) is 2.76. The molecule has 3 nitrogen and oxygen atoms in total. The summed E-state index contributed by atoms with van der Waals surface area (Å²) in [6, 6.07) is 0. The Morgan fingerprint density at radius 1 is 1.31 bits per heavy atom. The molecular formula is C10H14O3. The third kappa shape index (κ3) is 1.26. The van der Waals surface area contributed by atoms with Crippen LogP contribution < -0.4 is 0 Å². The van der Waals surface area contributed by atoms with Crippen LogP contribution in [0.3, 0.4) is 0 Å². The summed E-state index contributed by atoms with van der Waals surface area (Å²) >= 11 is 0. The normalized spacial score (nSPS) is 41.3. The molecule has 0 radical (unpaired) electrons. The van der Waals surface area contributed by atoms with Gasteiger partial charge < -0.3 is 5.11 Å². The first-order chi connectivity index (χ1) is 6.15. The Kier molecular flexibility index (Phi) is 1.90. The van der Waals surface area contributed by atoms with Gasteiger partial charge in [-0.05, 0) is 24.7 Å². The lowest BCUT2D eigenvalue weighted by Gasteiger charge is -2.09. The number of rotatable bonds is 3. The molecule has 2 fully saturated rings. The first-order valence-corrected chi connectivity index (χ1v) is 4.90. The quantitative estimate of drug-likeness (QED) is 0.716. The molecule has 0 aromatic rings. The van der Waals surface area contributed by atoms with Crippen molar-refractivity contribution in [3.63, 3.8) is 0 Å². The van der Waals surface area contributed by atoms with Crippen LogP contribution in [0.2, 0.25) is 0 Å².